The van der Waals surface area contributed by atoms with E-state index in [1.54, 1.807) is 0 Å². The number of fused-ring (bicyclic) bond motifs is 10. The molecular weight excluding hydrogens is 611 g/mol. The Hall–Kier alpha value is -5.96. The minimum atomic E-state index is 1.19. The lowest BCUT2D eigenvalue weighted by molar-refractivity contribution is 1.18. The molecule has 0 unspecified atom stereocenters. The molecule has 0 aliphatic carbocycles. The molecule has 0 spiro atoms. The van der Waals surface area contributed by atoms with Crippen LogP contribution in [0.4, 0.5) is 0 Å². The molecule has 0 radical (unpaired) electrons. The van der Waals surface area contributed by atoms with Gasteiger partial charge in [0.25, 0.3) is 0 Å². The van der Waals surface area contributed by atoms with Crippen molar-refractivity contribution in [1.29, 1.82) is 0 Å². The highest BCUT2D eigenvalue weighted by Crippen LogP contribution is 2.48. The predicted octanol–water partition coefficient (Wildman–Crippen LogP) is 13.6. The van der Waals surface area contributed by atoms with Crippen molar-refractivity contribution in [2.24, 2.45) is 0 Å². The van der Waals surface area contributed by atoms with Gasteiger partial charge in [-0.05, 0) is 65.1 Å². The molecule has 0 aliphatic rings. The Bertz CT molecular complexity index is 2710. The van der Waals surface area contributed by atoms with Crippen molar-refractivity contribution >= 4 is 64.1 Å². The molecule has 232 valence electrons. The van der Waals surface area contributed by atoms with E-state index in [4.69, 9.17) is 0 Å². The first-order chi connectivity index (χ1) is 24.2. The van der Waals surface area contributed by atoms with Crippen LogP contribution in [-0.4, -0.2) is 4.57 Å². The van der Waals surface area contributed by atoms with Crippen molar-refractivity contribution in [3.63, 3.8) is 0 Å². The Morgan fingerprint density at radius 3 is 1.65 bits per heavy atom. The molecule has 0 saturated heterocycles. The molecule has 2 aromatic heterocycles. The number of aromatic nitrogens is 1. The average Bonchev–Trinajstić information content (AvgIpc) is 3.72. The standard InChI is InChI=1S/C41H27NS.C6H6/c1-26-16-22-34-36(24-26)42(31-12-6-3-7-13-31)40-32-14-8-9-15-33(32)41-39(38(34)40)35-25-30(21-23-37(35)43-41)29-19-17-28(18-20-29)27-10-4-2-5-11-27;1-2-4-6-5-3-1/h2-25H,1H3;1-6H. The van der Waals surface area contributed by atoms with E-state index in [1.165, 1.54) is 86.3 Å². The normalized spacial score (nSPS) is 11.4. The Balaban J connectivity index is 0.000000492. The molecular formula is C47H33NS. The second-order valence-corrected chi connectivity index (χ2v) is 13.6. The van der Waals surface area contributed by atoms with E-state index in [2.05, 4.69) is 157 Å². The van der Waals surface area contributed by atoms with Gasteiger partial charge in [-0.1, -0.05) is 152 Å². The zero-order valence-corrected chi connectivity index (χ0v) is 28.0. The maximum Gasteiger partial charge on any atom is 0.0626 e. The monoisotopic (exact) mass is 643 g/mol. The van der Waals surface area contributed by atoms with Gasteiger partial charge in [-0.15, -0.1) is 11.3 Å². The van der Waals surface area contributed by atoms with Crippen molar-refractivity contribution in [1.82, 2.24) is 4.57 Å². The van der Waals surface area contributed by atoms with Crippen molar-refractivity contribution in [3.8, 4) is 27.9 Å². The van der Waals surface area contributed by atoms with Crippen molar-refractivity contribution < 1.29 is 0 Å². The van der Waals surface area contributed by atoms with E-state index >= 15 is 0 Å². The van der Waals surface area contributed by atoms with Crippen LogP contribution in [0.3, 0.4) is 0 Å². The summed E-state index contributed by atoms with van der Waals surface area (Å²) in [5, 5.41) is 7.95. The molecule has 2 heterocycles. The Kier molecular flexibility index (Phi) is 7.30. The van der Waals surface area contributed by atoms with Gasteiger partial charge < -0.3 is 4.57 Å². The van der Waals surface area contributed by atoms with Crippen LogP contribution in [0.2, 0.25) is 0 Å². The summed E-state index contributed by atoms with van der Waals surface area (Å²) < 4.78 is 5.17. The molecule has 0 atom stereocenters. The maximum absolute atomic E-state index is 2.48. The third-order valence-electron chi connectivity index (χ3n) is 9.50. The van der Waals surface area contributed by atoms with Crippen LogP contribution in [0.25, 0.3) is 80.7 Å². The molecule has 1 nitrogen and oxygen atoms in total. The maximum atomic E-state index is 2.48. The van der Waals surface area contributed by atoms with Crippen molar-refractivity contribution in [3.05, 3.63) is 188 Å². The number of hydrogen-bond donors (Lipinski definition) is 0. The van der Waals surface area contributed by atoms with Gasteiger partial charge in [0.1, 0.15) is 0 Å². The highest BCUT2D eigenvalue weighted by Gasteiger charge is 2.22. The lowest BCUT2D eigenvalue weighted by Gasteiger charge is -2.11. The van der Waals surface area contributed by atoms with Crippen LogP contribution in [-0.2, 0) is 0 Å². The molecule has 0 fully saturated rings. The molecule has 2 heteroatoms. The van der Waals surface area contributed by atoms with E-state index in [9.17, 15) is 0 Å². The van der Waals surface area contributed by atoms with Crippen LogP contribution in [0.15, 0.2) is 182 Å². The first-order valence-corrected chi connectivity index (χ1v) is 17.6. The first kappa shape index (κ1) is 29.2. The van der Waals surface area contributed by atoms with Crippen LogP contribution in [0.1, 0.15) is 5.56 Å². The molecule has 10 rings (SSSR count). The fourth-order valence-electron chi connectivity index (χ4n) is 7.22. The zero-order chi connectivity index (χ0) is 32.7. The second-order valence-electron chi connectivity index (χ2n) is 12.6. The molecule has 0 aliphatic heterocycles. The van der Waals surface area contributed by atoms with Gasteiger partial charge in [-0.2, -0.15) is 0 Å². The number of para-hydroxylation sites is 1. The summed E-state index contributed by atoms with van der Waals surface area (Å²) in [6, 6.07) is 65.3. The quantitative estimate of drug-likeness (QED) is 0.181. The van der Waals surface area contributed by atoms with Gasteiger partial charge in [0.05, 0.1) is 11.0 Å². The minimum Gasteiger partial charge on any atom is -0.309 e. The Morgan fingerprint density at radius 2 is 0.959 bits per heavy atom. The topological polar surface area (TPSA) is 4.93 Å². The van der Waals surface area contributed by atoms with E-state index in [0.717, 1.165) is 0 Å². The SMILES string of the molecule is Cc1ccc2c3c4c5cc(-c6ccc(-c7ccccc7)cc6)ccc5sc4c4ccccc4c3n(-c3ccccc3)c2c1.c1ccccc1. The summed E-state index contributed by atoms with van der Waals surface area (Å²) in [7, 11) is 0. The smallest absolute Gasteiger partial charge is 0.0626 e. The Labute approximate surface area is 289 Å². The van der Waals surface area contributed by atoms with Crippen molar-refractivity contribution in [2.45, 2.75) is 6.92 Å². The molecule has 8 aromatic carbocycles. The molecule has 10 aromatic rings. The van der Waals surface area contributed by atoms with E-state index in [0.29, 0.717) is 0 Å². The highest BCUT2D eigenvalue weighted by molar-refractivity contribution is 7.27. The summed E-state index contributed by atoms with van der Waals surface area (Å²) in [6.45, 7) is 2.19. The summed E-state index contributed by atoms with van der Waals surface area (Å²) in [5.74, 6) is 0. The van der Waals surface area contributed by atoms with Gasteiger partial charge in [0, 0.05) is 47.4 Å². The summed E-state index contributed by atoms with van der Waals surface area (Å²) in [5.41, 5.74) is 9.96. The largest absolute Gasteiger partial charge is 0.309 e. The number of aryl methyl sites for hydroxylation is 1. The number of rotatable bonds is 3. The van der Waals surface area contributed by atoms with Crippen LogP contribution in [0.5, 0.6) is 0 Å². The minimum absolute atomic E-state index is 1.19. The number of hydrogen-bond acceptors (Lipinski definition) is 1. The van der Waals surface area contributed by atoms with Gasteiger partial charge in [-0.3, -0.25) is 0 Å². The van der Waals surface area contributed by atoms with Crippen LogP contribution < -0.4 is 0 Å². The molecule has 49 heavy (non-hydrogen) atoms. The van der Waals surface area contributed by atoms with E-state index < -0.39 is 0 Å². The lowest BCUT2D eigenvalue weighted by atomic mass is 9.96. The molecule has 0 amide bonds. The van der Waals surface area contributed by atoms with Gasteiger partial charge in [0.15, 0.2) is 0 Å². The second kappa shape index (κ2) is 12.2. The highest BCUT2D eigenvalue weighted by atomic mass is 32.1. The van der Waals surface area contributed by atoms with Crippen molar-refractivity contribution in [2.75, 3.05) is 0 Å². The average molecular weight is 644 g/mol. The number of benzene rings is 8. The van der Waals surface area contributed by atoms with Crippen LogP contribution >= 0.6 is 11.3 Å². The molecule has 0 saturated carbocycles. The van der Waals surface area contributed by atoms with Gasteiger partial charge >= 0.3 is 0 Å². The summed E-state index contributed by atoms with van der Waals surface area (Å²) in [6.07, 6.45) is 0. The van der Waals surface area contributed by atoms with Gasteiger partial charge in [-0.25, -0.2) is 0 Å². The Morgan fingerprint density at radius 1 is 0.408 bits per heavy atom. The van der Waals surface area contributed by atoms with Gasteiger partial charge in [0.2, 0.25) is 0 Å². The number of thiophene rings is 1. The zero-order valence-electron chi connectivity index (χ0n) is 27.2. The summed E-state index contributed by atoms with van der Waals surface area (Å²) in [4.78, 5) is 0. The van der Waals surface area contributed by atoms with E-state index in [1.807, 2.05) is 47.7 Å². The number of nitrogens with zero attached hydrogens (tertiary/aromatic N) is 1. The fourth-order valence-corrected chi connectivity index (χ4v) is 8.45. The fraction of sp³-hybridized carbons (Fsp3) is 0.0213. The first-order valence-electron chi connectivity index (χ1n) is 16.8. The molecule has 0 bridgehead atoms. The molecule has 0 N–H and O–H groups in total. The third kappa shape index (κ3) is 5.09. The third-order valence-corrected chi connectivity index (χ3v) is 10.7. The summed E-state index contributed by atoms with van der Waals surface area (Å²) >= 11 is 1.92. The predicted molar refractivity (Wildman–Crippen MR) is 213 cm³/mol. The van der Waals surface area contributed by atoms with E-state index in [-0.39, 0.29) is 0 Å². The van der Waals surface area contributed by atoms with Crippen LogP contribution in [0, 0.1) is 6.92 Å². The lowest BCUT2D eigenvalue weighted by Crippen LogP contribution is -1.94.